The maximum Gasteiger partial charge on any atom is 0.290 e. The van der Waals surface area contributed by atoms with Gasteiger partial charge in [-0.1, -0.05) is 30.7 Å². The molecule has 0 radical (unpaired) electrons. The Morgan fingerprint density at radius 3 is 2.77 bits per heavy atom. The first-order chi connectivity index (χ1) is 15.0. The van der Waals surface area contributed by atoms with Gasteiger partial charge >= 0.3 is 0 Å². The average molecular weight is 442 g/mol. The van der Waals surface area contributed by atoms with E-state index < -0.39 is 6.04 Å². The molecule has 4 rings (SSSR count). The van der Waals surface area contributed by atoms with Crippen LogP contribution < -0.4 is 10.2 Å². The van der Waals surface area contributed by atoms with Crippen LogP contribution in [0.25, 0.3) is 11.0 Å². The van der Waals surface area contributed by atoms with E-state index in [1.54, 1.807) is 17.0 Å². The van der Waals surface area contributed by atoms with Crippen LogP contribution in [0.4, 0.5) is 0 Å². The Morgan fingerprint density at radius 1 is 1.23 bits per heavy atom. The number of amides is 1. The minimum Gasteiger partial charge on any atom is -0.494 e. The molecule has 7 heteroatoms. The largest absolute Gasteiger partial charge is 0.494 e. The number of halogens is 1. The molecule has 1 aromatic heterocycles. The molecule has 0 aliphatic carbocycles. The molecule has 0 saturated heterocycles. The van der Waals surface area contributed by atoms with Crippen LogP contribution in [0.3, 0.4) is 0 Å². The van der Waals surface area contributed by atoms with Gasteiger partial charge in [0.05, 0.1) is 23.6 Å². The summed E-state index contributed by atoms with van der Waals surface area (Å²) in [6.45, 7) is 4.64. The van der Waals surface area contributed by atoms with Crippen molar-refractivity contribution in [2.75, 3.05) is 19.8 Å². The molecule has 1 atom stereocenters. The molecule has 3 aromatic rings. The Bertz CT molecular complexity index is 1200. The fourth-order valence-corrected chi connectivity index (χ4v) is 4.12. The van der Waals surface area contributed by atoms with Crippen molar-refractivity contribution < 1.29 is 19.1 Å². The first kappa shape index (κ1) is 21.4. The highest BCUT2D eigenvalue weighted by molar-refractivity contribution is 6.32. The van der Waals surface area contributed by atoms with Gasteiger partial charge in [-0.05, 0) is 55.2 Å². The number of ether oxygens (including phenoxy) is 1. The van der Waals surface area contributed by atoms with Crippen LogP contribution in [-0.4, -0.2) is 35.7 Å². The van der Waals surface area contributed by atoms with Crippen LogP contribution >= 0.6 is 11.6 Å². The number of nitrogens with zero attached hydrogens (tertiary/aromatic N) is 1. The van der Waals surface area contributed by atoms with Gasteiger partial charge in [-0.15, -0.1) is 0 Å². The Labute approximate surface area is 185 Å². The monoisotopic (exact) mass is 441 g/mol. The molecule has 162 valence electrons. The van der Waals surface area contributed by atoms with Gasteiger partial charge in [-0.2, -0.15) is 0 Å². The number of rotatable bonds is 7. The number of fused-ring (bicyclic) bond motifs is 2. The summed E-state index contributed by atoms with van der Waals surface area (Å²) in [5.74, 6) is 0.355. The molecule has 2 heterocycles. The summed E-state index contributed by atoms with van der Waals surface area (Å²) in [4.78, 5) is 28.3. The van der Waals surface area contributed by atoms with Crippen LogP contribution in [0.15, 0.2) is 45.6 Å². The van der Waals surface area contributed by atoms with Crippen LogP contribution in [0.2, 0.25) is 5.02 Å². The van der Waals surface area contributed by atoms with E-state index in [1.807, 2.05) is 38.1 Å². The maximum atomic E-state index is 13.5. The third kappa shape index (κ3) is 3.82. The van der Waals surface area contributed by atoms with Gasteiger partial charge in [0.15, 0.2) is 5.43 Å². The van der Waals surface area contributed by atoms with Crippen molar-refractivity contribution in [1.82, 2.24) is 4.90 Å². The second-order valence-corrected chi connectivity index (χ2v) is 8.08. The quantitative estimate of drug-likeness (QED) is 0.585. The Morgan fingerprint density at radius 2 is 2.03 bits per heavy atom. The van der Waals surface area contributed by atoms with Gasteiger partial charge in [0.25, 0.3) is 5.91 Å². The minimum absolute atomic E-state index is 0.0436. The van der Waals surface area contributed by atoms with Crippen LogP contribution in [0, 0.1) is 6.92 Å². The van der Waals surface area contributed by atoms with Crippen molar-refractivity contribution in [3.8, 4) is 5.75 Å². The molecule has 0 bridgehead atoms. The van der Waals surface area contributed by atoms with E-state index in [9.17, 15) is 14.7 Å². The second kappa shape index (κ2) is 8.73. The maximum absolute atomic E-state index is 13.5. The third-order valence-corrected chi connectivity index (χ3v) is 5.86. The average Bonchev–Trinajstić information content (AvgIpc) is 3.04. The van der Waals surface area contributed by atoms with E-state index in [1.165, 1.54) is 0 Å². The number of hydrogen-bond acceptors (Lipinski definition) is 5. The lowest BCUT2D eigenvalue weighted by atomic mass is 9.98. The number of carbonyl (C=O) groups excluding carboxylic acids is 1. The number of benzene rings is 2. The van der Waals surface area contributed by atoms with Crippen molar-refractivity contribution in [1.29, 1.82) is 0 Å². The van der Waals surface area contributed by atoms with Crippen LogP contribution in [0.1, 0.15) is 53.1 Å². The molecule has 1 N–H and O–H groups in total. The summed E-state index contributed by atoms with van der Waals surface area (Å²) < 4.78 is 11.7. The number of aliphatic hydroxyl groups is 1. The first-order valence-corrected chi connectivity index (χ1v) is 10.8. The first-order valence-electron chi connectivity index (χ1n) is 10.4. The van der Waals surface area contributed by atoms with Gasteiger partial charge in [0.2, 0.25) is 5.76 Å². The molecule has 1 unspecified atom stereocenters. The number of aryl methyl sites for hydroxylation is 1. The molecule has 31 heavy (non-hydrogen) atoms. The zero-order valence-electron chi connectivity index (χ0n) is 17.5. The fraction of sp³-hybridized carbons (Fsp3) is 0.333. The summed E-state index contributed by atoms with van der Waals surface area (Å²) >= 11 is 6.26. The predicted molar refractivity (Wildman–Crippen MR) is 119 cm³/mol. The summed E-state index contributed by atoms with van der Waals surface area (Å²) in [5.41, 5.74) is 1.87. The van der Waals surface area contributed by atoms with E-state index in [0.717, 1.165) is 17.5 Å². The highest BCUT2D eigenvalue weighted by Crippen LogP contribution is 2.39. The van der Waals surface area contributed by atoms with Crippen molar-refractivity contribution in [2.24, 2.45) is 0 Å². The second-order valence-electron chi connectivity index (χ2n) is 7.67. The van der Waals surface area contributed by atoms with E-state index in [2.05, 4.69) is 0 Å². The zero-order chi connectivity index (χ0) is 22.1. The molecule has 1 amide bonds. The van der Waals surface area contributed by atoms with Gasteiger partial charge in [-0.25, -0.2) is 0 Å². The normalized spacial score (nSPS) is 15.5. The molecule has 0 saturated carbocycles. The smallest absolute Gasteiger partial charge is 0.290 e. The minimum atomic E-state index is -0.625. The molecule has 1 aliphatic rings. The summed E-state index contributed by atoms with van der Waals surface area (Å²) in [6, 6.07) is 10.1. The van der Waals surface area contributed by atoms with Gasteiger partial charge in [-0.3, -0.25) is 9.59 Å². The lowest BCUT2D eigenvalue weighted by Crippen LogP contribution is -2.31. The summed E-state index contributed by atoms with van der Waals surface area (Å²) in [6.07, 6.45) is 1.26. The van der Waals surface area contributed by atoms with Crippen molar-refractivity contribution in [3.05, 3.63) is 74.1 Å². The van der Waals surface area contributed by atoms with Crippen molar-refractivity contribution in [3.63, 3.8) is 0 Å². The van der Waals surface area contributed by atoms with E-state index >= 15 is 0 Å². The highest BCUT2D eigenvalue weighted by atomic mass is 35.5. The molecule has 1 aliphatic heterocycles. The molecule has 0 fully saturated rings. The molecular formula is C24H24ClNO5. The number of hydrogen-bond donors (Lipinski definition) is 1. The van der Waals surface area contributed by atoms with Crippen LogP contribution in [-0.2, 0) is 0 Å². The lowest BCUT2D eigenvalue weighted by Gasteiger charge is -2.25. The van der Waals surface area contributed by atoms with E-state index in [-0.39, 0.29) is 23.7 Å². The lowest BCUT2D eigenvalue weighted by molar-refractivity contribution is 0.0716. The van der Waals surface area contributed by atoms with Crippen LogP contribution in [0.5, 0.6) is 5.75 Å². The SMILES string of the molecule is CCCOc1cccc(C2c3c(oc4cc(C)c(Cl)cc4c3=O)C(=O)N2CCCO)c1. The van der Waals surface area contributed by atoms with E-state index in [4.69, 9.17) is 20.8 Å². The van der Waals surface area contributed by atoms with Gasteiger partial charge in [0, 0.05) is 18.2 Å². The number of carbonyl (C=O) groups is 1. The highest BCUT2D eigenvalue weighted by Gasteiger charge is 2.42. The topological polar surface area (TPSA) is 80.0 Å². The van der Waals surface area contributed by atoms with Crippen molar-refractivity contribution in [2.45, 2.75) is 32.7 Å². The molecule has 2 aromatic carbocycles. The summed E-state index contributed by atoms with van der Waals surface area (Å²) in [7, 11) is 0. The Balaban J connectivity index is 1.91. The summed E-state index contributed by atoms with van der Waals surface area (Å²) in [5, 5.41) is 10.1. The third-order valence-electron chi connectivity index (χ3n) is 5.45. The van der Waals surface area contributed by atoms with Gasteiger partial charge in [0.1, 0.15) is 11.3 Å². The van der Waals surface area contributed by atoms with Gasteiger partial charge < -0.3 is 19.2 Å². The molecular weight excluding hydrogens is 418 g/mol. The number of aliphatic hydroxyl groups excluding tert-OH is 1. The Hall–Kier alpha value is -2.83. The van der Waals surface area contributed by atoms with Crippen molar-refractivity contribution >= 4 is 28.5 Å². The molecule has 6 nitrogen and oxygen atoms in total. The molecule has 0 spiro atoms. The fourth-order valence-electron chi connectivity index (χ4n) is 3.95. The Kier molecular flexibility index (Phi) is 6.03. The zero-order valence-corrected chi connectivity index (χ0v) is 18.2. The van der Waals surface area contributed by atoms with E-state index in [0.29, 0.717) is 46.9 Å². The standard InChI is InChI=1S/C24H24ClNO5/c1-3-10-30-16-7-4-6-15(12-16)21-20-22(28)17-13-18(25)14(2)11-19(17)31-23(20)24(29)26(21)8-5-9-27/h4,6-7,11-13,21,27H,3,5,8-10H2,1-2H3. The predicted octanol–water partition coefficient (Wildman–Crippen LogP) is 4.47.